The number of H-pyrrole nitrogens is 1. The average Bonchev–Trinajstić information content (AvgIpc) is 2.61. The molecule has 2 N–H and O–H groups in total. The number of aromatic amines is 1. The van der Waals surface area contributed by atoms with Crippen LogP contribution in [0.15, 0.2) is 0 Å². The number of aromatic nitrogens is 3. The highest BCUT2D eigenvalue weighted by Gasteiger charge is 2.06. The summed E-state index contributed by atoms with van der Waals surface area (Å²) < 4.78 is 2.42. The lowest BCUT2D eigenvalue weighted by atomic mass is 10.4. The lowest BCUT2D eigenvalue weighted by Gasteiger charge is -2.18. The van der Waals surface area contributed by atoms with Crippen molar-refractivity contribution in [3.8, 4) is 0 Å². The highest BCUT2D eigenvalue weighted by atomic mass is 32.1. The molecule has 0 spiro atoms. The second kappa shape index (κ2) is 5.99. The van der Waals surface area contributed by atoms with Crippen LogP contribution in [0.2, 0.25) is 0 Å². The second-order valence-electron chi connectivity index (χ2n) is 3.28. The summed E-state index contributed by atoms with van der Waals surface area (Å²) in [5.74, 6) is 0.604. The number of hydrogen-bond donors (Lipinski definition) is 2. The van der Waals surface area contributed by atoms with Crippen LogP contribution in [0.5, 0.6) is 0 Å². The molecule has 1 aromatic rings. The Kier molecular flexibility index (Phi) is 4.93. The molecule has 1 rings (SSSR count). The van der Waals surface area contributed by atoms with Gasteiger partial charge in [0, 0.05) is 13.1 Å². The van der Waals surface area contributed by atoms with Crippen LogP contribution < -0.4 is 0 Å². The molecule has 0 radical (unpaired) electrons. The van der Waals surface area contributed by atoms with E-state index >= 15 is 0 Å². The van der Waals surface area contributed by atoms with E-state index in [1.807, 2.05) is 4.57 Å². The topological polar surface area (TPSA) is 57.1 Å². The van der Waals surface area contributed by atoms with Crippen molar-refractivity contribution in [2.45, 2.75) is 27.0 Å². The summed E-state index contributed by atoms with van der Waals surface area (Å²) in [7, 11) is 0. The summed E-state index contributed by atoms with van der Waals surface area (Å²) in [6.45, 7) is 7.93. The summed E-state index contributed by atoms with van der Waals surface area (Å²) >= 11 is 5.08. The monoisotopic (exact) mass is 230 g/mol. The summed E-state index contributed by atoms with van der Waals surface area (Å²) in [5, 5.41) is 15.7. The number of aliphatic hydroxyl groups excluding tert-OH is 1. The maximum absolute atomic E-state index is 9.05. The lowest BCUT2D eigenvalue weighted by molar-refractivity contribution is 0.254. The maximum atomic E-state index is 9.05. The number of hydrogen-bond acceptors (Lipinski definition) is 4. The Morgan fingerprint density at radius 3 is 2.67 bits per heavy atom. The SMILES string of the molecule is CCN(CC)CCn1c(CO)n[nH]c1=S. The van der Waals surface area contributed by atoms with E-state index < -0.39 is 0 Å². The van der Waals surface area contributed by atoms with Gasteiger partial charge in [0.1, 0.15) is 6.61 Å². The van der Waals surface area contributed by atoms with Crippen LogP contribution in [0.4, 0.5) is 0 Å². The fourth-order valence-electron chi connectivity index (χ4n) is 1.48. The van der Waals surface area contributed by atoms with Crippen LogP contribution in [-0.2, 0) is 13.2 Å². The van der Waals surface area contributed by atoms with Crippen molar-refractivity contribution in [1.29, 1.82) is 0 Å². The first-order valence-electron chi connectivity index (χ1n) is 5.20. The average molecular weight is 230 g/mol. The minimum absolute atomic E-state index is 0.0780. The first-order valence-corrected chi connectivity index (χ1v) is 5.61. The molecule has 1 heterocycles. The number of nitrogens with zero attached hydrogens (tertiary/aromatic N) is 3. The van der Waals surface area contributed by atoms with Crippen molar-refractivity contribution >= 4 is 12.2 Å². The van der Waals surface area contributed by atoms with E-state index in [1.165, 1.54) is 0 Å². The van der Waals surface area contributed by atoms with Crippen molar-refractivity contribution in [3.63, 3.8) is 0 Å². The minimum atomic E-state index is -0.0780. The summed E-state index contributed by atoms with van der Waals surface area (Å²) in [6, 6.07) is 0. The molecule has 5 nitrogen and oxygen atoms in total. The Morgan fingerprint density at radius 2 is 2.13 bits per heavy atom. The van der Waals surface area contributed by atoms with Gasteiger partial charge in [0.2, 0.25) is 0 Å². The van der Waals surface area contributed by atoms with Crippen molar-refractivity contribution in [1.82, 2.24) is 19.7 Å². The van der Waals surface area contributed by atoms with Gasteiger partial charge in [-0.15, -0.1) is 0 Å². The van der Waals surface area contributed by atoms with Gasteiger partial charge in [-0.2, -0.15) is 5.10 Å². The van der Waals surface area contributed by atoms with Crippen molar-refractivity contribution in [3.05, 3.63) is 10.6 Å². The normalized spacial score (nSPS) is 11.2. The van der Waals surface area contributed by atoms with E-state index in [1.54, 1.807) is 0 Å². The third-order valence-corrected chi connectivity index (χ3v) is 2.82. The number of likely N-dealkylation sites (N-methyl/N-ethyl adjacent to an activating group) is 1. The quantitative estimate of drug-likeness (QED) is 0.709. The Balaban J connectivity index is 2.63. The molecule has 0 aromatic carbocycles. The zero-order chi connectivity index (χ0) is 11.3. The van der Waals surface area contributed by atoms with Gasteiger partial charge in [-0.25, -0.2) is 0 Å². The summed E-state index contributed by atoms with van der Waals surface area (Å²) in [4.78, 5) is 2.30. The number of aliphatic hydroxyl groups is 1. The third-order valence-electron chi connectivity index (χ3n) is 2.51. The number of rotatable bonds is 6. The molecule has 0 aliphatic carbocycles. The highest BCUT2D eigenvalue weighted by Crippen LogP contribution is 1.99. The predicted molar refractivity (Wildman–Crippen MR) is 61.1 cm³/mol. The Morgan fingerprint density at radius 1 is 1.47 bits per heavy atom. The van der Waals surface area contributed by atoms with Gasteiger partial charge in [0.25, 0.3) is 0 Å². The molecule has 0 unspecified atom stereocenters. The predicted octanol–water partition coefficient (Wildman–Crippen LogP) is 0.775. The maximum Gasteiger partial charge on any atom is 0.195 e. The smallest absolute Gasteiger partial charge is 0.195 e. The third kappa shape index (κ3) is 3.12. The van der Waals surface area contributed by atoms with E-state index in [9.17, 15) is 0 Å². The molecule has 0 bridgehead atoms. The van der Waals surface area contributed by atoms with Gasteiger partial charge in [-0.05, 0) is 25.3 Å². The van der Waals surface area contributed by atoms with Gasteiger partial charge >= 0.3 is 0 Å². The van der Waals surface area contributed by atoms with Gasteiger partial charge < -0.3 is 14.6 Å². The molecule has 0 saturated heterocycles. The first-order chi connectivity index (χ1) is 7.22. The molecule has 0 fully saturated rings. The van der Waals surface area contributed by atoms with E-state index in [0.29, 0.717) is 10.6 Å². The van der Waals surface area contributed by atoms with E-state index in [2.05, 4.69) is 28.9 Å². The second-order valence-corrected chi connectivity index (χ2v) is 3.67. The van der Waals surface area contributed by atoms with Crippen LogP contribution in [-0.4, -0.2) is 44.4 Å². The first kappa shape index (κ1) is 12.4. The standard InChI is InChI=1S/C9H18N4OS/c1-3-12(4-2)5-6-13-8(7-14)10-11-9(13)15/h14H,3-7H2,1-2H3,(H,11,15). The fraction of sp³-hybridized carbons (Fsp3) is 0.778. The molecule has 0 amide bonds. The lowest BCUT2D eigenvalue weighted by Crippen LogP contribution is -2.27. The summed E-state index contributed by atoms with van der Waals surface area (Å²) in [5.41, 5.74) is 0. The number of nitrogens with one attached hydrogen (secondary N) is 1. The van der Waals surface area contributed by atoms with Crippen LogP contribution in [0, 0.1) is 4.77 Å². The van der Waals surface area contributed by atoms with Gasteiger partial charge in [0.15, 0.2) is 10.6 Å². The molecule has 0 aliphatic rings. The Bertz CT molecular complexity index is 342. The molecular formula is C9H18N4OS. The molecule has 86 valence electrons. The zero-order valence-corrected chi connectivity index (χ0v) is 10.0. The summed E-state index contributed by atoms with van der Waals surface area (Å²) in [6.07, 6.45) is 0. The van der Waals surface area contributed by atoms with Crippen LogP contribution in [0.25, 0.3) is 0 Å². The van der Waals surface area contributed by atoms with E-state index in [4.69, 9.17) is 17.3 Å². The molecule has 6 heteroatoms. The highest BCUT2D eigenvalue weighted by molar-refractivity contribution is 7.71. The minimum Gasteiger partial charge on any atom is -0.388 e. The largest absolute Gasteiger partial charge is 0.388 e. The molecule has 0 saturated carbocycles. The van der Waals surface area contributed by atoms with Gasteiger partial charge in [-0.3, -0.25) is 5.10 Å². The molecule has 0 atom stereocenters. The van der Waals surface area contributed by atoms with Crippen molar-refractivity contribution in [2.24, 2.45) is 0 Å². The molecular weight excluding hydrogens is 212 g/mol. The van der Waals surface area contributed by atoms with Crippen LogP contribution in [0.3, 0.4) is 0 Å². The molecule has 15 heavy (non-hydrogen) atoms. The van der Waals surface area contributed by atoms with E-state index in [-0.39, 0.29) is 6.61 Å². The van der Waals surface area contributed by atoms with Gasteiger partial charge in [0.05, 0.1) is 0 Å². The van der Waals surface area contributed by atoms with E-state index in [0.717, 1.165) is 26.2 Å². The molecule has 1 aromatic heterocycles. The van der Waals surface area contributed by atoms with Gasteiger partial charge in [-0.1, -0.05) is 13.8 Å². The molecule has 0 aliphatic heterocycles. The Labute approximate surface area is 94.7 Å². The van der Waals surface area contributed by atoms with Crippen LogP contribution in [0.1, 0.15) is 19.7 Å². The zero-order valence-electron chi connectivity index (χ0n) is 9.23. The van der Waals surface area contributed by atoms with Crippen molar-refractivity contribution < 1.29 is 5.11 Å². The Hall–Kier alpha value is -0.720. The van der Waals surface area contributed by atoms with Crippen molar-refractivity contribution in [2.75, 3.05) is 19.6 Å². The van der Waals surface area contributed by atoms with Crippen LogP contribution >= 0.6 is 12.2 Å². The fourth-order valence-corrected chi connectivity index (χ4v) is 1.73.